The van der Waals surface area contributed by atoms with Gasteiger partial charge in [0.05, 0.1) is 6.54 Å². The lowest BCUT2D eigenvalue weighted by atomic mass is 9.86. The highest BCUT2D eigenvalue weighted by atomic mass is 35.5. The summed E-state index contributed by atoms with van der Waals surface area (Å²) in [6.45, 7) is 5.52. The average molecular weight is 446 g/mol. The molecule has 2 aromatic rings. The fraction of sp³-hybridized carbons (Fsp3) is 0.381. The zero-order valence-corrected chi connectivity index (χ0v) is 18.1. The predicted octanol–water partition coefficient (Wildman–Crippen LogP) is 4.10. The minimum atomic E-state index is -0.855. The van der Waals surface area contributed by atoms with Crippen LogP contribution in [-0.2, 0) is 4.79 Å². The summed E-state index contributed by atoms with van der Waals surface area (Å²) >= 11 is 0. The number of carbonyl (C=O) groups excluding carboxylic acids is 1. The zero-order valence-electron chi connectivity index (χ0n) is 16.4. The van der Waals surface area contributed by atoms with Crippen LogP contribution in [0.25, 0.3) is 0 Å². The van der Waals surface area contributed by atoms with Crippen LogP contribution in [-0.4, -0.2) is 31.6 Å². The first-order chi connectivity index (χ1) is 13.0. The van der Waals surface area contributed by atoms with Crippen molar-refractivity contribution in [3.05, 3.63) is 64.7 Å². The van der Waals surface area contributed by atoms with Crippen molar-refractivity contribution in [2.75, 3.05) is 25.0 Å². The average Bonchev–Trinajstić information content (AvgIpc) is 2.64. The molecule has 2 aromatic carbocycles. The molecule has 29 heavy (non-hydrogen) atoms. The molecule has 0 aliphatic carbocycles. The molecular weight excluding hydrogens is 419 g/mol. The number of para-hydroxylation sites is 1. The fourth-order valence-corrected chi connectivity index (χ4v) is 3.67. The third kappa shape index (κ3) is 6.29. The minimum absolute atomic E-state index is 0. The first-order valence-electron chi connectivity index (χ1n) is 9.21. The molecule has 4 nitrogen and oxygen atoms in total. The predicted molar refractivity (Wildman–Crippen MR) is 117 cm³/mol. The maximum Gasteiger partial charge on any atom is 0.239 e. The Hall–Kier alpha value is -1.89. The second-order valence-corrected chi connectivity index (χ2v) is 7.07. The van der Waals surface area contributed by atoms with E-state index in [9.17, 15) is 13.6 Å². The van der Waals surface area contributed by atoms with Gasteiger partial charge in [-0.3, -0.25) is 4.79 Å². The van der Waals surface area contributed by atoms with E-state index in [1.54, 1.807) is 6.07 Å². The van der Waals surface area contributed by atoms with Crippen LogP contribution in [0.15, 0.2) is 36.4 Å². The first-order valence-corrected chi connectivity index (χ1v) is 9.21. The van der Waals surface area contributed by atoms with E-state index in [1.807, 2.05) is 32.0 Å². The largest absolute Gasteiger partial charge is 0.376 e. The smallest absolute Gasteiger partial charge is 0.239 e. The number of halogens is 4. The summed E-state index contributed by atoms with van der Waals surface area (Å²) in [5.41, 5.74) is 3.85. The van der Waals surface area contributed by atoms with Crippen molar-refractivity contribution in [3.63, 3.8) is 0 Å². The Morgan fingerprint density at radius 2 is 1.79 bits per heavy atom. The van der Waals surface area contributed by atoms with Gasteiger partial charge in [-0.25, -0.2) is 8.78 Å². The van der Waals surface area contributed by atoms with Crippen LogP contribution in [0.4, 0.5) is 14.5 Å². The van der Waals surface area contributed by atoms with E-state index in [0.717, 1.165) is 35.8 Å². The lowest BCUT2D eigenvalue weighted by molar-refractivity contribution is -0.120. The molecule has 8 heteroatoms. The van der Waals surface area contributed by atoms with Crippen molar-refractivity contribution in [1.29, 1.82) is 0 Å². The van der Waals surface area contributed by atoms with E-state index in [-0.39, 0.29) is 49.2 Å². The number of rotatable bonds is 5. The Morgan fingerprint density at radius 1 is 1.10 bits per heavy atom. The Balaban J connectivity index is 0.00000210. The van der Waals surface area contributed by atoms with Gasteiger partial charge in [0.1, 0.15) is 0 Å². The van der Waals surface area contributed by atoms with Crippen molar-refractivity contribution in [3.8, 4) is 0 Å². The van der Waals surface area contributed by atoms with Gasteiger partial charge < -0.3 is 16.0 Å². The molecule has 0 spiro atoms. The molecule has 3 N–H and O–H groups in total. The van der Waals surface area contributed by atoms with Gasteiger partial charge in [-0.15, -0.1) is 24.8 Å². The van der Waals surface area contributed by atoms with Crippen LogP contribution < -0.4 is 16.0 Å². The molecule has 1 aliphatic heterocycles. The molecule has 3 rings (SSSR count). The number of hydrogen-bond acceptors (Lipinski definition) is 3. The fourth-order valence-electron chi connectivity index (χ4n) is 3.67. The van der Waals surface area contributed by atoms with Gasteiger partial charge in [0, 0.05) is 24.2 Å². The van der Waals surface area contributed by atoms with Crippen molar-refractivity contribution >= 4 is 36.4 Å². The molecule has 1 saturated heterocycles. The third-order valence-electron chi connectivity index (χ3n) is 5.11. The summed E-state index contributed by atoms with van der Waals surface area (Å²) in [5.74, 6) is -1.89. The van der Waals surface area contributed by atoms with Crippen LogP contribution in [0.2, 0.25) is 0 Å². The summed E-state index contributed by atoms with van der Waals surface area (Å²) < 4.78 is 26.9. The highest BCUT2D eigenvalue weighted by Crippen LogP contribution is 2.27. The van der Waals surface area contributed by atoms with Crippen LogP contribution >= 0.6 is 24.8 Å². The summed E-state index contributed by atoms with van der Waals surface area (Å²) in [7, 11) is 0. The maximum absolute atomic E-state index is 13.6. The van der Waals surface area contributed by atoms with Gasteiger partial charge in [-0.1, -0.05) is 24.3 Å². The van der Waals surface area contributed by atoms with E-state index >= 15 is 0 Å². The number of carbonyl (C=O) groups is 1. The molecule has 2 unspecified atom stereocenters. The van der Waals surface area contributed by atoms with Gasteiger partial charge in [0.15, 0.2) is 11.6 Å². The molecule has 0 radical (unpaired) electrons. The number of piperidine rings is 1. The number of hydrogen-bond donors (Lipinski definition) is 3. The zero-order chi connectivity index (χ0) is 19.4. The third-order valence-corrected chi connectivity index (χ3v) is 5.11. The van der Waals surface area contributed by atoms with Gasteiger partial charge in [-0.2, -0.15) is 0 Å². The Kier molecular flexibility index (Phi) is 9.83. The van der Waals surface area contributed by atoms with E-state index in [4.69, 9.17) is 0 Å². The van der Waals surface area contributed by atoms with Gasteiger partial charge in [0.25, 0.3) is 0 Å². The minimum Gasteiger partial charge on any atom is -0.376 e. The topological polar surface area (TPSA) is 53.2 Å². The number of amides is 1. The first kappa shape index (κ1) is 25.1. The highest BCUT2D eigenvalue weighted by Gasteiger charge is 2.28. The Bertz CT molecular complexity index is 815. The lowest BCUT2D eigenvalue weighted by Gasteiger charge is -2.33. The standard InChI is InChI=1S/C21H25F2N3O.2ClH/c1-13-4-3-5-14(2)21(13)25-12-20(27)26-19-11-24-9-8-16(19)15-6-7-17(22)18(23)10-15;;/h3-7,10,16,19,24-25H,8-9,11-12H2,1-2H3,(H,26,27);2*1H. The lowest BCUT2D eigenvalue weighted by Crippen LogP contribution is -2.51. The molecule has 1 amide bonds. The normalized spacial score (nSPS) is 18.2. The van der Waals surface area contributed by atoms with Crippen molar-refractivity contribution in [2.24, 2.45) is 0 Å². The molecular formula is C21H27Cl2F2N3O. The van der Waals surface area contributed by atoms with Crippen molar-refractivity contribution in [1.82, 2.24) is 10.6 Å². The highest BCUT2D eigenvalue weighted by molar-refractivity contribution is 5.85. The van der Waals surface area contributed by atoms with Crippen LogP contribution in [0.1, 0.15) is 29.0 Å². The van der Waals surface area contributed by atoms with Crippen LogP contribution in [0, 0.1) is 25.5 Å². The van der Waals surface area contributed by atoms with Gasteiger partial charge in [-0.05, 0) is 55.6 Å². The monoisotopic (exact) mass is 445 g/mol. The second kappa shape index (κ2) is 11.3. The molecule has 0 saturated carbocycles. The van der Waals surface area contributed by atoms with Gasteiger partial charge in [0.2, 0.25) is 5.91 Å². The number of anilines is 1. The molecule has 160 valence electrons. The molecule has 0 bridgehead atoms. The summed E-state index contributed by atoms with van der Waals surface area (Å²) in [6, 6.07) is 9.79. The van der Waals surface area contributed by atoms with Crippen LogP contribution in [0.3, 0.4) is 0 Å². The maximum atomic E-state index is 13.6. The van der Waals surface area contributed by atoms with E-state index in [1.165, 1.54) is 6.07 Å². The van der Waals surface area contributed by atoms with Crippen molar-refractivity contribution in [2.45, 2.75) is 32.2 Å². The van der Waals surface area contributed by atoms with Crippen LogP contribution in [0.5, 0.6) is 0 Å². The Labute approximate surface area is 182 Å². The van der Waals surface area contributed by atoms with E-state index < -0.39 is 11.6 Å². The number of aryl methyl sites for hydroxylation is 2. The quantitative estimate of drug-likeness (QED) is 0.649. The van der Waals surface area contributed by atoms with E-state index in [0.29, 0.717) is 12.1 Å². The summed E-state index contributed by atoms with van der Waals surface area (Å²) in [5, 5.41) is 9.49. The molecule has 1 heterocycles. The Morgan fingerprint density at radius 3 is 2.45 bits per heavy atom. The second-order valence-electron chi connectivity index (χ2n) is 7.07. The van der Waals surface area contributed by atoms with Crippen molar-refractivity contribution < 1.29 is 13.6 Å². The van der Waals surface area contributed by atoms with Gasteiger partial charge >= 0.3 is 0 Å². The molecule has 1 aliphatic rings. The number of benzene rings is 2. The molecule has 2 atom stereocenters. The molecule has 1 fully saturated rings. The summed E-state index contributed by atoms with van der Waals surface area (Å²) in [4.78, 5) is 12.5. The van der Waals surface area contributed by atoms with E-state index in [2.05, 4.69) is 16.0 Å². The SMILES string of the molecule is Cc1cccc(C)c1NCC(=O)NC1CNCCC1c1ccc(F)c(F)c1.Cl.Cl. The number of nitrogens with one attached hydrogen (secondary N) is 3. The molecule has 0 aromatic heterocycles. The summed E-state index contributed by atoms with van der Waals surface area (Å²) in [6.07, 6.45) is 0.750.